The second-order valence-electron chi connectivity index (χ2n) is 4.88. The molecule has 19 heavy (non-hydrogen) atoms. The first kappa shape index (κ1) is 13.0. The van der Waals surface area contributed by atoms with Crippen molar-refractivity contribution in [1.82, 2.24) is 9.36 Å². The van der Waals surface area contributed by atoms with Crippen LogP contribution in [0.4, 0.5) is 5.13 Å². The van der Waals surface area contributed by atoms with Gasteiger partial charge in [0.25, 0.3) is 5.91 Å². The molecule has 5 nitrogen and oxygen atoms in total. The number of aliphatic hydroxyl groups excluding tert-OH is 1. The molecule has 1 fully saturated rings. The van der Waals surface area contributed by atoms with E-state index in [0.717, 1.165) is 37.2 Å². The fourth-order valence-corrected chi connectivity index (χ4v) is 3.76. The van der Waals surface area contributed by atoms with Crippen LogP contribution in [0.1, 0.15) is 32.1 Å². The molecule has 1 aliphatic heterocycles. The molecule has 2 heterocycles. The van der Waals surface area contributed by atoms with Crippen LogP contribution in [0.15, 0.2) is 16.9 Å². The second-order valence-corrected chi connectivity index (χ2v) is 6.01. The van der Waals surface area contributed by atoms with E-state index in [1.165, 1.54) is 17.6 Å². The number of halogens is 1. The number of hydrogen-bond acceptors (Lipinski definition) is 5. The van der Waals surface area contributed by atoms with Crippen LogP contribution in [-0.2, 0) is 4.79 Å². The summed E-state index contributed by atoms with van der Waals surface area (Å²) in [4.78, 5) is 17.4. The predicted molar refractivity (Wildman–Crippen MR) is 72.9 cm³/mol. The van der Waals surface area contributed by atoms with Crippen LogP contribution in [0.25, 0.3) is 0 Å². The molecule has 0 aromatic carbocycles. The number of anilines is 1. The van der Waals surface area contributed by atoms with Crippen LogP contribution >= 0.6 is 23.1 Å². The maximum atomic E-state index is 12.2. The van der Waals surface area contributed by atoms with Gasteiger partial charge in [-0.2, -0.15) is 4.37 Å². The van der Waals surface area contributed by atoms with Crippen LogP contribution in [0, 0.1) is 5.92 Å². The molecular formula is C12H14ClN3O2S. The Morgan fingerprint density at radius 2 is 2.11 bits per heavy atom. The SMILES string of the molecule is O=C1C(Cl)=C(C2CCCCC2)C(O)N1c1ncns1. The molecule has 3 rings (SSSR count). The van der Waals surface area contributed by atoms with Gasteiger partial charge in [0.1, 0.15) is 11.4 Å². The quantitative estimate of drug-likeness (QED) is 0.910. The van der Waals surface area contributed by atoms with Gasteiger partial charge in [0.15, 0.2) is 6.23 Å². The Balaban J connectivity index is 1.90. The maximum Gasteiger partial charge on any atom is 0.274 e. The molecule has 1 amide bonds. The lowest BCUT2D eigenvalue weighted by Gasteiger charge is -2.27. The Morgan fingerprint density at radius 1 is 1.37 bits per heavy atom. The van der Waals surface area contributed by atoms with E-state index in [1.807, 2.05) is 0 Å². The summed E-state index contributed by atoms with van der Waals surface area (Å²) < 4.78 is 3.86. The number of carbonyl (C=O) groups is 1. The maximum absolute atomic E-state index is 12.2. The third-order valence-corrected chi connectivity index (χ3v) is 4.83. The average molecular weight is 300 g/mol. The Hall–Kier alpha value is -0.980. The molecule has 1 aromatic heterocycles. The molecule has 1 saturated carbocycles. The molecule has 7 heteroatoms. The van der Waals surface area contributed by atoms with Crippen molar-refractivity contribution < 1.29 is 9.90 Å². The van der Waals surface area contributed by atoms with Gasteiger partial charge in [0.2, 0.25) is 5.13 Å². The predicted octanol–water partition coefficient (Wildman–Crippen LogP) is 2.28. The summed E-state index contributed by atoms with van der Waals surface area (Å²) in [5, 5.41) is 11.0. The lowest BCUT2D eigenvalue weighted by atomic mass is 9.83. The van der Waals surface area contributed by atoms with E-state index in [1.54, 1.807) is 0 Å². The first-order valence-electron chi connectivity index (χ1n) is 6.38. The topological polar surface area (TPSA) is 66.3 Å². The molecule has 1 aromatic rings. The average Bonchev–Trinajstić information content (AvgIpc) is 3.00. The third-order valence-electron chi connectivity index (χ3n) is 3.78. The van der Waals surface area contributed by atoms with Crippen molar-refractivity contribution in [3.8, 4) is 0 Å². The van der Waals surface area contributed by atoms with Gasteiger partial charge in [-0.25, -0.2) is 4.98 Å². The highest BCUT2D eigenvalue weighted by molar-refractivity contribution is 7.09. The van der Waals surface area contributed by atoms with E-state index in [2.05, 4.69) is 9.36 Å². The van der Waals surface area contributed by atoms with E-state index in [9.17, 15) is 9.90 Å². The molecule has 1 atom stereocenters. The standard InChI is InChI=1S/C12H14ClN3O2S/c13-9-8(7-4-2-1-3-5-7)10(17)16(11(9)18)12-14-6-15-19-12/h6-7,10,17H,1-5H2. The summed E-state index contributed by atoms with van der Waals surface area (Å²) in [6.07, 6.45) is 5.81. The molecule has 0 bridgehead atoms. The summed E-state index contributed by atoms with van der Waals surface area (Å²) >= 11 is 7.23. The number of carbonyl (C=O) groups excluding carboxylic acids is 1. The fourth-order valence-electron chi connectivity index (χ4n) is 2.86. The zero-order chi connectivity index (χ0) is 13.4. The van der Waals surface area contributed by atoms with Gasteiger partial charge >= 0.3 is 0 Å². The van der Waals surface area contributed by atoms with Crippen molar-refractivity contribution in [2.45, 2.75) is 38.3 Å². The number of nitrogens with zero attached hydrogens (tertiary/aromatic N) is 3. The first-order chi connectivity index (χ1) is 9.20. The zero-order valence-corrected chi connectivity index (χ0v) is 11.8. The molecule has 2 aliphatic rings. The van der Waals surface area contributed by atoms with Gasteiger partial charge in [-0.3, -0.25) is 9.69 Å². The van der Waals surface area contributed by atoms with Gasteiger partial charge in [-0.1, -0.05) is 30.9 Å². The monoisotopic (exact) mass is 299 g/mol. The second kappa shape index (κ2) is 5.19. The lowest BCUT2D eigenvalue weighted by molar-refractivity contribution is -0.115. The van der Waals surface area contributed by atoms with Crippen molar-refractivity contribution in [3.05, 3.63) is 16.9 Å². The minimum Gasteiger partial charge on any atom is -0.369 e. The van der Waals surface area contributed by atoms with Crippen molar-refractivity contribution in [1.29, 1.82) is 0 Å². The fraction of sp³-hybridized carbons (Fsp3) is 0.583. The largest absolute Gasteiger partial charge is 0.369 e. The Kier molecular flexibility index (Phi) is 3.56. The van der Waals surface area contributed by atoms with Gasteiger partial charge in [0.05, 0.1) is 0 Å². The van der Waals surface area contributed by atoms with E-state index < -0.39 is 6.23 Å². The molecule has 0 spiro atoms. The van der Waals surface area contributed by atoms with Crippen molar-refractivity contribution >= 4 is 34.2 Å². The van der Waals surface area contributed by atoms with E-state index in [-0.39, 0.29) is 16.9 Å². The molecule has 1 N–H and O–H groups in total. The van der Waals surface area contributed by atoms with Crippen LogP contribution in [0.2, 0.25) is 0 Å². The summed E-state index contributed by atoms with van der Waals surface area (Å²) in [6.45, 7) is 0. The van der Waals surface area contributed by atoms with E-state index in [4.69, 9.17) is 11.6 Å². The molecule has 1 aliphatic carbocycles. The molecular weight excluding hydrogens is 286 g/mol. The van der Waals surface area contributed by atoms with Gasteiger partial charge in [-0.05, 0) is 18.8 Å². The third kappa shape index (κ3) is 2.17. The van der Waals surface area contributed by atoms with Crippen molar-refractivity contribution in [2.24, 2.45) is 5.92 Å². The van der Waals surface area contributed by atoms with Crippen LogP contribution < -0.4 is 4.90 Å². The number of aliphatic hydroxyl groups is 1. The van der Waals surface area contributed by atoms with Gasteiger partial charge in [0, 0.05) is 17.1 Å². The number of aromatic nitrogens is 2. The molecule has 0 saturated heterocycles. The van der Waals surface area contributed by atoms with Gasteiger partial charge < -0.3 is 5.11 Å². The summed E-state index contributed by atoms with van der Waals surface area (Å²) in [5.41, 5.74) is 0.668. The number of rotatable bonds is 2. The van der Waals surface area contributed by atoms with Crippen LogP contribution in [-0.4, -0.2) is 26.6 Å². The highest BCUT2D eigenvalue weighted by Crippen LogP contribution is 2.41. The number of hydrogen-bond donors (Lipinski definition) is 1. The van der Waals surface area contributed by atoms with Gasteiger partial charge in [-0.15, -0.1) is 0 Å². The summed E-state index contributed by atoms with van der Waals surface area (Å²) in [6, 6.07) is 0. The lowest BCUT2D eigenvalue weighted by Crippen LogP contribution is -2.36. The van der Waals surface area contributed by atoms with Crippen LogP contribution in [0.5, 0.6) is 0 Å². The Labute approximate surface area is 120 Å². The van der Waals surface area contributed by atoms with Crippen molar-refractivity contribution in [2.75, 3.05) is 4.90 Å². The summed E-state index contributed by atoms with van der Waals surface area (Å²) in [5.74, 6) is -0.162. The highest BCUT2D eigenvalue weighted by Gasteiger charge is 2.42. The summed E-state index contributed by atoms with van der Waals surface area (Å²) in [7, 11) is 0. The molecule has 102 valence electrons. The molecule has 1 unspecified atom stereocenters. The number of amides is 1. The zero-order valence-electron chi connectivity index (χ0n) is 10.3. The smallest absolute Gasteiger partial charge is 0.274 e. The molecule has 0 radical (unpaired) electrons. The minimum atomic E-state index is -0.990. The van der Waals surface area contributed by atoms with Crippen LogP contribution in [0.3, 0.4) is 0 Å². The van der Waals surface area contributed by atoms with Crippen molar-refractivity contribution in [3.63, 3.8) is 0 Å². The Morgan fingerprint density at radius 3 is 2.74 bits per heavy atom. The Bertz CT molecular complexity index is 511. The van der Waals surface area contributed by atoms with E-state index in [0.29, 0.717) is 10.7 Å². The van der Waals surface area contributed by atoms with E-state index >= 15 is 0 Å². The highest BCUT2D eigenvalue weighted by atomic mass is 35.5. The first-order valence-corrected chi connectivity index (χ1v) is 7.53. The normalized spacial score (nSPS) is 25.5. The minimum absolute atomic E-state index is 0.162.